The number of aromatic hydroxyl groups is 1. The summed E-state index contributed by atoms with van der Waals surface area (Å²) in [7, 11) is 0. The molecule has 272 valence electrons. The maximum Gasteiger partial charge on any atom is 0.328 e. The van der Waals surface area contributed by atoms with Crippen LogP contribution < -0.4 is 10.6 Å². The summed E-state index contributed by atoms with van der Waals surface area (Å²) in [6, 6.07) is 4.33. The van der Waals surface area contributed by atoms with Crippen molar-refractivity contribution in [3.63, 3.8) is 0 Å². The quantitative estimate of drug-likeness (QED) is 0.202. The minimum absolute atomic E-state index is 0.0148. The van der Waals surface area contributed by atoms with Crippen molar-refractivity contribution in [2.24, 2.45) is 29.6 Å². The molecular weight excluding hydrogens is 636 g/mol. The van der Waals surface area contributed by atoms with E-state index in [9.17, 15) is 24.3 Å². The van der Waals surface area contributed by atoms with Gasteiger partial charge in [0.2, 0.25) is 23.9 Å². The number of nitrogens with one attached hydrogen (secondary N) is 2. The average molecular weight is 689 g/mol. The van der Waals surface area contributed by atoms with Crippen LogP contribution >= 0.6 is 0 Å². The lowest BCUT2D eigenvalue weighted by Crippen LogP contribution is -2.70. The van der Waals surface area contributed by atoms with Gasteiger partial charge >= 0.3 is 11.9 Å². The van der Waals surface area contributed by atoms with Crippen molar-refractivity contribution in [3.05, 3.63) is 29.8 Å². The number of carbonyl (C=O) groups excluding carboxylic acids is 4. The maximum absolute atomic E-state index is 13.4. The van der Waals surface area contributed by atoms with Gasteiger partial charge in [0.05, 0.1) is 13.0 Å². The van der Waals surface area contributed by atoms with Crippen molar-refractivity contribution < 1.29 is 53.0 Å². The summed E-state index contributed by atoms with van der Waals surface area (Å²) in [6.45, 7) is 11.7. The summed E-state index contributed by atoms with van der Waals surface area (Å²) in [5.41, 5.74) is -0.0744. The largest absolute Gasteiger partial charge is 0.508 e. The lowest BCUT2D eigenvalue weighted by molar-refractivity contribution is -0.576. The normalized spacial score (nSPS) is 33.0. The number of hydrogen-bond acceptors (Lipinski definition) is 11. The molecule has 1 aromatic carbocycles. The standard InChI is InChI=1S/C36H52N2O11/c1-7-44-32(43)28(19-23-9-11-24(39)12-10-23)38-31(42)27(18-20(2)3)37-29(40)14-15-30(41)45-33-22(5)26-13-8-21(4)25-16-17-35(6)47-34(46-33)36(25,26)49-48-35/h9-12,20-22,25-28,33-34,39H,7-8,13-19H2,1-6H3,(H,37,40)(H,38,42)/t21-,22-,25+,26+,27+,28+,33+,34+,35-,36+/m1/s1. The second-order valence-electron chi connectivity index (χ2n) is 14.7. The highest BCUT2D eigenvalue weighted by Crippen LogP contribution is 2.60. The van der Waals surface area contributed by atoms with Crippen molar-refractivity contribution >= 4 is 23.8 Å². The minimum atomic E-state index is -1.01. The molecule has 5 aliphatic rings. The van der Waals surface area contributed by atoms with Crippen LogP contribution in [0.3, 0.4) is 0 Å². The fourth-order valence-corrected chi connectivity index (χ4v) is 7.96. The van der Waals surface area contributed by atoms with E-state index in [0.29, 0.717) is 24.3 Å². The lowest BCUT2D eigenvalue weighted by atomic mass is 9.58. The molecule has 2 amide bonds. The molecule has 3 N–H and O–H groups in total. The molecule has 4 saturated heterocycles. The number of rotatable bonds is 13. The number of esters is 2. The van der Waals surface area contributed by atoms with Crippen LogP contribution in [0.2, 0.25) is 0 Å². The fourth-order valence-electron chi connectivity index (χ4n) is 7.96. The molecule has 10 atom stereocenters. The van der Waals surface area contributed by atoms with Gasteiger partial charge in [0.25, 0.3) is 0 Å². The van der Waals surface area contributed by atoms with Gasteiger partial charge in [-0.2, -0.15) is 0 Å². The molecule has 13 heteroatoms. The Morgan fingerprint density at radius 1 is 0.980 bits per heavy atom. The highest BCUT2D eigenvalue weighted by molar-refractivity contribution is 5.91. The van der Waals surface area contributed by atoms with E-state index in [2.05, 4.69) is 17.6 Å². The van der Waals surface area contributed by atoms with E-state index in [4.69, 9.17) is 28.7 Å². The molecular formula is C36H52N2O11. The average Bonchev–Trinajstić information content (AvgIpc) is 3.28. The van der Waals surface area contributed by atoms with Gasteiger partial charge in [-0.15, -0.1) is 0 Å². The zero-order valence-electron chi connectivity index (χ0n) is 29.4. The van der Waals surface area contributed by atoms with Crippen LogP contribution in [0.25, 0.3) is 0 Å². The molecule has 1 aliphatic carbocycles. The molecule has 13 nitrogen and oxygen atoms in total. The molecule has 49 heavy (non-hydrogen) atoms. The Bertz CT molecular complexity index is 1350. The predicted octanol–water partition coefficient (Wildman–Crippen LogP) is 4.04. The Balaban J connectivity index is 1.18. The van der Waals surface area contributed by atoms with Crippen LogP contribution in [0.4, 0.5) is 0 Å². The van der Waals surface area contributed by atoms with Gasteiger partial charge in [0, 0.05) is 31.1 Å². The summed E-state index contributed by atoms with van der Waals surface area (Å²) in [5.74, 6) is -2.74. The third-order valence-electron chi connectivity index (χ3n) is 10.5. The van der Waals surface area contributed by atoms with Crippen molar-refractivity contribution in [3.8, 4) is 5.75 Å². The van der Waals surface area contributed by atoms with E-state index in [1.165, 1.54) is 12.1 Å². The summed E-state index contributed by atoms with van der Waals surface area (Å²) in [4.78, 5) is 64.3. The molecule has 1 saturated carbocycles. The summed E-state index contributed by atoms with van der Waals surface area (Å²) < 4.78 is 23.7. The lowest BCUT2D eigenvalue weighted by Gasteiger charge is -2.59. The van der Waals surface area contributed by atoms with E-state index < -0.39 is 59.8 Å². The van der Waals surface area contributed by atoms with Gasteiger partial charge in [-0.3, -0.25) is 14.4 Å². The number of phenols is 1. The highest BCUT2D eigenvalue weighted by atomic mass is 17.3. The number of hydrogen-bond donors (Lipinski definition) is 3. The van der Waals surface area contributed by atoms with E-state index >= 15 is 0 Å². The monoisotopic (exact) mass is 688 g/mol. The minimum Gasteiger partial charge on any atom is -0.508 e. The first-order valence-electron chi connectivity index (χ1n) is 17.7. The number of fused-ring (bicyclic) bond motifs is 2. The molecule has 0 radical (unpaired) electrons. The third kappa shape index (κ3) is 8.22. The van der Waals surface area contributed by atoms with Gasteiger partial charge < -0.3 is 34.7 Å². The first-order valence-corrected chi connectivity index (χ1v) is 17.7. The molecule has 1 aromatic rings. The molecule has 2 bridgehead atoms. The number of phenolic OH excluding ortho intramolecular Hbond substituents is 1. The van der Waals surface area contributed by atoms with E-state index in [1.807, 2.05) is 27.7 Å². The number of ether oxygens (including phenoxy) is 4. The molecule has 1 spiro atoms. The second kappa shape index (κ2) is 15.3. The van der Waals surface area contributed by atoms with Crippen LogP contribution in [0.5, 0.6) is 5.75 Å². The number of benzene rings is 1. The summed E-state index contributed by atoms with van der Waals surface area (Å²) in [6.07, 6.45) is 1.78. The SMILES string of the molecule is CCOC(=O)[C@H](Cc1ccc(O)cc1)NC(=O)[C@H](CC(C)C)NC(=O)CCC(=O)O[C@H]1O[C@H]2O[C@@]3(C)CC[C@H]4[C@H](C)CC[C@@H]([C@H]1C)[C@]24OO3. The molecule has 6 rings (SSSR count). The zero-order chi connectivity index (χ0) is 35.5. The van der Waals surface area contributed by atoms with E-state index in [0.717, 1.165) is 19.3 Å². The van der Waals surface area contributed by atoms with Crippen LogP contribution in [0.1, 0.15) is 92.1 Å². The van der Waals surface area contributed by atoms with Gasteiger partial charge in [0.1, 0.15) is 17.8 Å². The Morgan fingerprint density at radius 2 is 1.71 bits per heavy atom. The molecule has 4 aliphatic heterocycles. The second-order valence-corrected chi connectivity index (χ2v) is 14.7. The first-order chi connectivity index (χ1) is 23.2. The smallest absolute Gasteiger partial charge is 0.328 e. The molecule has 5 fully saturated rings. The van der Waals surface area contributed by atoms with Crippen molar-refractivity contribution in [1.29, 1.82) is 0 Å². The summed E-state index contributed by atoms with van der Waals surface area (Å²) >= 11 is 0. The van der Waals surface area contributed by atoms with Crippen LogP contribution in [0.15, 0.2) is 24.3 Å². The third-order valence-corrected chi connectivity index (χ3v) is 10.5. The van der Waals surface area contributed by atoms with E-state index in [1.54, 1.807) is 19.1 Å². The number of carbonyl (C=O) groups is 4. The van der Waals surface area contributed by atoms with Gasteiger partial charge in [-0.1, -0.05) is 39.8 Å². The van der Waals surface area contributed by atoms with Crippen LogP contribution in [-0.2, 0) is 54.3 Å². The molecule has 4 heterocycles. The van der Waals surface area contributed by atoms with Crippen LogP contribution in [-0.4, -0.2) is 71.5 Å². The topological polar surface area (TPSA) is 168 Å². The fraction of sp³-hybridized carbons (Fsp3) is 0.722. The van der Waals surface area contributed by atoms with Crippen molar-refractivity contribution in [2.75, 3.05) is 6.61 Å². The Kier molecular flexibility index (Phi) is 11.6. The summed E-state index contributed by atoms with van der Waals surface area (Å²) in [5, 5.41) is 15.1. The highest BCUT2D eigenvalue weighted by Gasteiger charge is 2.69. The van der Waals surface area contributed by atoms with Gasteiger partial charge in [-0.05, 0) is 75.0 Å². The maximum atomic E-state index is 13.4. The van der Waals surface area contributed by atoms with Crippen molar-refractivity contribution in [2.45, 2.75) is 129 Å². The van der Waals surface area contributed by atoms with Crippen LogP contribution in [0, 0.1) is 29.6 Å². The van der Waals surface area contributed by atoms with E-state index in [-0.39, 0.29) is 55.3 Å². The van der Waals surface area contributed by atoms with Crippen molar-refractivity contribution in [1.82, 2.24) is 10.6 Å². The Hall–Kier alpha value is -3.26. The Labute approximate surface area is 288 Å². The predicted molar refractivity (Wildman–Crippen MR) is 174 cm³/mol. The van der Waals surface area contributed by atoms with Gasteiger partial charge in [0.15, 0.2) is 11.9 Å². The molecule has 0 aromatic heterocycles. The van der Waals surface area contributed by atoms with Gasteiger partial charge in [-0.25, -0.2) is 14.6 Å². The zero-order valence-corrected chi connectivity index (χ0v) is 29.4. The first kappa shape index (κ1) is 37.0. The number of amides is 2. The molecule has 0 unspecified atom stereocenters. The Morgan fingerprint density at radius 3 is 2.41 bits per heavy atom.